The Morgan fingerprint density at radius 1 is 1.14 bits per heavy atom. The molecular weight excluding hydrogens is 377 g/mol. The topological polar surface area (TPSA) is 60.9 Å². The third-order valence-electron chi connectivity index (χ3n) is 4.82. The lowest BCUT2D eigenvalue weighted by atomic mass is 10.0. The summed E-state index contributed by atoms with van der Waals surface area (Å²) < 4.78 is 21.3. The van der Waals surface area contributed by atoms with E-state index in [1.165, 1.54) is 23.9 Å². The van der Waals surface area contributed by atoms with Gasteiger partial charge in [0.15, 0.2) is 11.0 Å². The lowest BCUT2D eigenvalue weighted by Crippen LogP contribution is -2.02. The number of aryl methyl sites for hydroxylation is 2. The van der Waals surface area contributed by atoms with Crippen LogP contribution < -0.4 is 5.63 Å². The molecule has 0 aliphatic carbocycles. The zero-order valence-corrected chi connectivity index (χ0v) is 16.5. The number of fused-ring (bicyclic) bond motifs is 1. The van der Waals surface area contributed by atoms with Crippen LogP contribution in [0.5, 0.6) is 0 Å². The number of benzene rings is 2. The van der Waals surface area contributed by atoms with Crippen molar-refractivity contribution < 1.29 is 8.81 Å². The van der Waals surface area contributed by atoms with E-state index in [0.29, 0.717) is 27.9 Å². The molecule has 0 radical (unpaired) electrons. The maximum atomic E-state index is 14.1. The highest BCUT2D eigenvalue weighted by atomic mass is 32.2. The van der Waals surface area contributed by atoms with Crippen molar-refractivity contribution in [3.8, 4) is 11.4 Å². The van der Waals surface area contributed by atoms with Gasteiger partial charge in [-0.25, -0.2) is 9.18 Å². The first kappa shape index (κ1) is 18.4. The standard InChI is InChI=1S/C21H18FN3O2S/c1-12-8-9-15-14(10-18(26)27-19(15)13(12)2)11-28-21-24-23-20(25(21)3)16-6-4-5-7-17(16)22/h4-10H,11H2,1-3H3. The van der Waals surface area contributed by atoms with Crippen molar-refractivity contribution in [1.29, 1.82) is 0 Å². The van der Waals surface area contributed by atoms with Crippen LogP contribution in [0.4, 0.5) is 4.39 Å². The van der Waals surface area contributed by atoms with Crippen molar-refractivity contribution in [2.45, 2.75) is 24.8 Å². The molecule has 0 fully saturated rings. The lowest BCUT2D eigenvalue weighted by molar-refractivity contribution is 0.557. The third-order valence-corrected chi connectivity index (χ3v) is 5.89. The summed E-state index contributed by atoms with van der Waals surface area (Å²) in [6.07, 6.45) is 0. The summed E-state index contributed by atoms with van der Waals surface area (Å²) in [6.45, 7) is 3.93. The molecule has 4 rings (SSSR count). The summed E-state index contributed by atoms with van der Waals surface area (Å²) in [4.78, 5) is 12.0. The van der Waals surface area contributed by atoms with Crippen LogP contribution in [0.1, 0.15) is 16.7 Å². The van der Waals surface area contributed by atoms with Gasteiger partial charge in [0.2, 0.25) is 0 Å². The first-order chi connectivity index (χ1) is 13.5. The molecule has 0 bridgehead atoms. The number of aromatic nitrogens is 3. The number of nitrogens with zero attached hydrogens (tertiary/aromatic N) is 3. The molecule has 2 heterocycles. The van der Waals surface area contributed by atoms with E-state index >= 15 is 0 Å². The number of hydrogen-bond acceptors (Lipinski definition) is 5. The molecule has 0 amide bonds. The first-order valence-corrected chi connectivity index (χ1v) is 9.74. The minimum absolute atomic E-state index is 0.341. The molecule has 0 N–H and O–H groups in total. The molecule has 0 unspecified atom stereocenters. The fourth-order valence-corrected chi connectivity index (χ4v) is 4.01. The average molecular weight is 395 g/mol. The second-order valence-electron chi connectivity index (χ2n) is 6.61. The zero-order valence-electron chi connectivity index (χ0n) is 15.7. The predicted octanol–water partition coefficient (Wildman–Crippen LogP) is 4.64. The Kier molecular flexibility index (Phi) is 4.77. The minimum Gasteiger partial charge on any atom is -0.422 e. The summed E-state index contributed by atoms with van der Waals surface area (Å²) in [5, 5.41) is 9.88. The van der Waals surface area contributed by atoms with Gasteiger partial charge in [-0.05, 0) is 42.7 Å². The van der Waals surface area contributed by atoms with Crippen molar-refractivity contribution in [3.05, 3.63) is 75.4 Å². The molecule has 28 heavy (non-hydrogen) atoms. The molecule has 0 saturated heterocycles. The minimum atomic E-state index is -0.373. The van der Waals surface area contributed by atoms with Gasteiger partial charge >= 0.3 is 5.63 Å². The van der Waals surface area contributed by atoms with E-state index in [2.05, 4.69) is 10.2 Å². The van der Waals surface area contributed by atoms with Gasteiger partial charge in [-0.15, -0.1) is 10.2 Å². The van der Waals surface area contributed by atoms with Crippen LogP contribution >= 0.6 is 11.8 Å². The Hall–Kier alpha value is -2.93. The van der Waals surface area contributed by atoms with Crippen LogP contribution in [0.25, 0.3) is 22.4 Å². The molecular formula is C21H18FN3O2S. The fraction of sp³-hybridized carbons (Fsp3) is 0.190. The van der Waals surface area contributed by atoms with Gasteiger partial charge in [0.05, 0.1) is 5.56 Å². The quantitative estimate of drug-likeness (QED) is 0.372. The van der Waals surface area contributed by atoms with Gasteiger partial charge < -0.3 is 8.98 Å². The van der Waals surface area contributed by atoms with E-state index in [1.54, 1.807) is 29.8 Å². The highest BCUT2D eigenvalue weighted by Crippen LogP contribution is 2.30. The number of rotatable bonds is 4. The van der Waals surface area contributed by atoms with E-state index < -0.39 is 0 Å². The molecule has 0 aliphatic heterocycles. The van der Waals surface area contributed by atoms with Gasteiger partial charge in [0.1, 0.15) is 11.4 Å². The average Bonchev–Trinajstić information content (AvgIpc) is 3.04. The zero-order chi connectivity index (χ0) is 19.8. The van der Waals surface area contributed by atoms with Crippen LogP contribution in [-0.2, 0) is 12.8 Å². The van der Waals surface area contributed by atoms with Crippen molar-refractivity contribution in [3.63, 3.8) is 0 Å². The fourth-order valence-electron chi connectivity index (χ4n) is 3.10. The number of hydrogen-bond donors (Lipinski definition) is 0. The Morgan fingerprint density at radius 2 is 1.93 bits per heavy atom. The van der Waals surface area contributed by atoms with Crippen molar-refractivity contribution in [2.75, 3.05) is 0 Å². The van der Waals surface area contributed by atoms with E-state index in [4.69, 9.17) is 4.42 Å². The number of thioether (sulfide) groups is 1. The van der Waals surface area contributed by atoms with Crippen LogP contribution in [0.2, 0.25) is 0 Å². The molecule has 0 atom stereocenters. The molecule has 5 nitrogen and oxygen atoms in total. The van der Waals surface area contributed by atoms with Crippen molar-refractivity contribution in [1.82, 2.24) is 14.8 Å². The Bertz CT molecular complexity index is 1250. The van der Waals surface area contributed by atoms with E-state index in [-0.39, 0.29) is 11.4 Å². The highest BCUT2D eigenvalue weighted by Gasteiger charge is 2.16. The van der Waals surface area contributed by atoms with Crippen molar-refractivity contribution >= 4 is 22.7 Å². The maximum Gasteiger partial charge on any atom is 0.336 e. The molecule has 0 spiro atoms. The largest absolute Gasteiger partial charge is 0.422 e. The van der Waals surface area contributed by atoms with Crippen molar-refractivity contribution in [2.24, 2.45) is 7.05 Å². The summed E-state index contributed by atoms with van der Waals surface area (Å²) in [6, 6.07) is 12.0. The van der Waals surface area contributed by atoms with Gasteiger partial charge in [-0.1, -0.05) is 36.0 Å². The molecule has 7 heteroatoms. The van der Waals surface area contributed by atoms with Gasteiger partial charge in [0, 0.05) is 24.3 Å². The third kappa shape index (κ3) is 3.22. The molecule has 2 aromatic heterocycles. The normalized spacial score (nSPS) is 11.3. The molecule has 4 aromatic rings. The second-order valence-corrected chi connectivity index (χ2v) is 7.55. The van der Waals surface area contributed by atoms with Crippen LogP contribution in [0.3, 0.4) is 0 Å². The summed E-state index contributed by atoms with van der Waals surface area (Å²) >= 11 is 1.44. The molecule has 0 saturated carbocycles. The molecule has 142 valence electrons. The Balaban J connectivity index is 1.67. The monoisotopic (exact) mass is 395 g/mol. The molecule has 0 aliphatic rings. The van der Waals surface area contributed by atoms with E-state index in [0.717, 1.165) is 22.1 Å². The summed E-state index contributed by atoms with van der Waals surface area (Å²) in [7, 11) is 1.80. The molecule has 2 aromatic carbocycles. The second kappa shape index (κ2) is 7.24. The van der Waals surface area contributed by atoms with Gasteiger partial charge in [-0.2, -0.15) is 0 Å². The Labute approximate surface area is 165 Å². The highest BCUT2D eigenvalue weighted by molar-refractivity contribution is 7.98. The first-order valence-electron chi connectivity index (χ1n) is 8.75. The van der Waals surface area contributed by atoms with Gasteiger partial charge in [-0.3, -0.25) is 0 Å². The van der Waals surface area contributed by atoms with E-state index in [1.807, 2.05) is 26.0 Å². The van der Waals surface area contributed by atoms with Crippen LogP contribution in [0.15, 0.2) is 56.8 Å². The SMILES string of the molecule is Cc1ccc2c(CSc3nnc(-c4ccccc4F)n3C)cc(=O)oc2c1C. The van der Waals surface area contributed by atoms with Gasteiger partial charge in [0.25, 0.3) is 0 Å². The lowest BCUT2D eigenvalue weighted by Gasteiger charge is -2.09. The summed E-state index contributed by atoms with van der Waals surface area (Å²) in [5.41, 5.74) is 3.55. The Morgan fingerprint density at radius 3 is 2.71 bits per heavy atom. The van der Waals surface area contributed by atoms with Crippen LogP contribution in [0, 0.1) is 19.7 Å². The van der Waals surface area contributed by atoms with E-state index in [9.17, 15) is 9.18 Å². The summed E-state index contributed by atoms with van der Waals surface area (Å²) in [5.74, 6) is 0.643. The predicted molar refractivity (Wildman–Crippen MR) is 108 cm³/mol. The smallest absolute Gasteiger partial charge is 0.336 e. The maximum absolute atomic E-state index is 14.1. The number of halogens is 1. The van der Waals surface area contributed by atoms with Crippen LogP contribution in [-0.4, -0.2) is 14.8 Å².